The zero-order chi connectivity index (χ0) is 8.44. The van der Waals surface area contributed by atoms with E-state index in [4.69, 9.17) is 16.4 Å². The van der Waals surface area contributed by atoms with Crippen LogP contribution in [0.15, 0.2) is 0 Å². The molecule has 2 aliphatic rings. The molecule has 2 heteroatoms. The smallest absolute Gasteiger partial charge is 0.168 e. The molecule has 0 N–H and O–H groups in total. The SMILES string of the molecule is [CH]CC1COC2(CCCCC2)O1. The van der Waals surface area contributed by atoms with E-state index in [0.29, 0.717) is 13.0 Å². The van der Waals surface area contributed by atoms with Gasteiger partial charge in [-0.1, -0.05) is 6.42 Å². The summed E-state index contributed by atoms with van der Waals surface area (Å²) in [5.41, 5.74) is 0. The topological polar surface area (TPSA) is 18.5 Å². The third kappa shape index (κ3) is 1.50. The highest BCUT2D eigenvalue weighted by molar-refractivity contribution is 4.82. The Hall–Kier alpha value is -0.0800. The van der Waals surface area contributed by atoms with Crippen LogP contribution in [0.5, 0.6) is 0 Å². The minimum absolute atomic E-state index is 0.142. The Bertz CT molecular complexity index is 150. The lowest BCUT2D eigenvalue weighted by atomic mass is 9.94. The second-order valence-electron chi connectivity index (χ2n) is 3.76. The van der Waals surface area contributed by atoms with Crippen LogP contribution in [0.1, 0.15) is 38.5 Å². The van der Waals surface area contributed by atoms with Crippen molar-refractivity contribution >= 4 is 0 Å². The van der Waals surface area contributed by atoms with Crippen molar-refractivity contribution in [3.63, 3.8) is 0 Å². The Labute approximate surface area is 74.2 Å². The van der Waals surface area contributed by atoms with E-state index in [2.05, 4.69) is 0 Å². The van der Waals surface area contributed by atoms with Crippen LogP contribution in [-0.2, 0) is 9.47 Å². The van der Waals surface area contributed by atoms with Crippen molar-refractivity contribution in [3.05, 3.63) is 6.92 Å². The first-order valence-electron chi connectivity index (χ1n) is 4.86. The first kappa shape index (κ1) is 8.52. The molecule has 2 rings (SSSR count). The largest absolute Gasteiger partial charge is 0.347 e. The highest BCUT2D eigenvalue weighted by atomic mass is 16.7. The van der Waals surface area contributed by atoms with Crippen LogP contribution in [0.25, 0.3) is 0 Å². The van der Waals surface area contributed by atoms with E-state index in [1.807, 2.05) is 0 Å². The second kappa shape index (κ2) is 3.35. The highest BCUT2D eigenvalue weighted by Crippen LogP contribution is 2.38. The molecule has 1 heterocycles. The Morgan fingerprint density at radius 3 is 2.58 bits per heavy atom. The molecule has 2 nitrogen and oxygen atoms in total. The van der Waals surface area contributed by atoms with Gasteiger partial charge in [0.15, 0.2) is 5.79 Å². The van der Waals surface area contributed by atoms with Gasteiger partial charge in [0.25, 0.3) is 0 Å². The summed E-state index contributed by atoms with van der Waals surface area (Å²) >= 11 is 0. The summed E-state index contributed by atoms with van der Waals surface area (Å²) in [6.45, 7) is 6.21. The molecule has 1 atom stereocenters. The molecule has 1 aliphatic carbocycles. The van der Waals surface area contributed by atoms with Crippen molar-refractivity contribution in [2.24, 2.45) is 0 Å². The summed E-state index contributed by atoms with van der Waals surface area (Å²) in [6.07, 6.45) is 6.63. The van der Waals surface area contributed by atoms with Crippen molar-refractivity contribution in [2.75, 3.05) is 6.61 Å². The lowest BCUT2D eigenvalue weighted by Gasteiger charge is -2.31. The van der Waals surface area contributed by atoms with Crippen LogP contribution in [0.2, 0.25) is 0 Å². The van der Waals surface area contributed by atoms with Gasteiger partial charge in [-0.25, -0.2) is 0 Å². The van der Waals surface area contributed by atoms with Gasteiger partial charge in [-0.15, -0.1) is 0 Å². The highest BCUT2D eigenvalue weighted by Gasteiger charge is 2.41. The molecule has 0 amide bonds. The minimum Gasteiger partial charge on any atom is -0.347 e. The van der Waals surface area contributed by atoms with E-state index in [9.17, 15) is 0 Å². The fourth-order valence-electron chi connectivity index (χ4n) is 2.09. The molecule has 0 aromatic heterocycles. The Morgan fingerprint density at radius 1 is 1.25 bits per heavy atom. The molecule has 1 unspecified atom stereocenters. The summed E-state index contributed by atoms with van der Waals surface area (Å²) in [6, 6.07) is 0. The standard InChI is InChI=1S/C10H16O2/c1-2-9-8-11-10(12-9)6-4-3-5-7-10/h1,9H,2-8H2. The molecule has 1 saturated heterocycles. The van der Waals surface area contributed by atoms with Crippen molar-refractivity contribution in [2.45, 2.75) is 50.4 Å². The van der Waals surface area contributed by atoms with Crippen LogP contribution >= 0.6 is 0 Å². The average Bonchev–Trinajstić information content (AvgIpc) is 2.50. The van der Waals surface area contributed by atoms with Gasteiger partial charge in [-0.3, -0.25) is 0 Å². The first-order chi connectivity index (χ1) is 5.85. The quantitative estimate of drug-likeness (QED) is 0.597. The maximum Gasteiger partial charge on any atom is 0.168 e. The molecular formula is C10H16O2. The van der Waals surface area contributed by atoms with Crippen LogP contribution in [0.3, 0.4) is 0 Å². The molecule has 2 fully saturated rings. The molecule has 12 heavy (non-hydrogen) atoms. The third-order valence-electron chi connectivity index (χ3n) is 2.79. The number of ether oxygens (including phenoxy) is 2. The van der Waals surface area contributed by atoms with Crippen molar-refractivity contribution in [1.82, 2.24) is 0 Å². The Kier molecular flexibility index (Phi) is 2.37. The fourth-order valence-corrected chi connectivity index (χ4v) is 2.09. The van der Waals surface area contributed by atoms with Gasteiger partial charge in [-0.2, -0.15) is 0 Å². The molecular weight excluding hydrogens is 152 g/mol. The van der Waals surface area contributed by atoms with Crippen LogP contribution < -0.4 is 0 Å². The molecule has 0 bridgehead atoms. The zero-order valence-corrected chi connectivity index (χ0v) is 7.42. The molecule has 1 spiro atoms. The van der Waals surface area contributed by atoms with E-state index in [0.717, 1.165) is 12.8 Å². The normalized spacial score (nSPS) is 34.2. The monoisotopic (exact) mass is 168 g/mol. The van der Waals surface area contributed by atoms with Gasteiger partial charge in [0.05, 0.1) is 12.7 Å². The van der Waals surface area contributed by atoms with E-state index < -0.39 is 0 Å². The fraction of sp³-hybridized carbons (Fsp3) is 0.900. The summed E-state index contributed by atoms with van der Waals surface area (Å²) < 4.78 is 11.5. The maximum atomic E-state index is 5.79. The Balaban J connectivity index is 1.94. The number of hydrogen-bond acceptors (Lipinski definition) is 2. The zero-order valence-electron chi connectivity index (χ0n) is 7.42. The second-order valence-corrected chi connectivity index (χ2v) is 3.76. The van der Waals surface area contributed by atoms with Crippen LogP contribution in [0.4, 0.5) is 0 Å². The van der Waals surface area contributed by atoms with E-state index >= 15 is 0 Å². The van der Waals surface area contributed by atoms with E-state index in [-0.39, 0.29) is 11.9 Å². The molecule has 0 aromatic rings. The van der Waals surface area contributed by atoms with Gasteiger partial charge in [0, 0.05) is 12.8 Å². The predicted octanol–water partition coefficient (Wildman–Crippen LogP) is 2.16. The van der Waals surface area contributed by atoms with E-state index in [1.54, 1.807) is 0 Å². The summed E-state index contributed by atoms with van der Waals surface area (Å²) in [5.74, 6) is -0.234. The molecule has 2 radical (unpaired) electrons. The third-order valence-corrected chi connectivity index (χ3v) is 2.79. The average molecular weight is 168 g/mol. The van der Waals surface area contributed by atoms with Crippen molar-refractivity contribution in [1.29, 1.82) is 0 Å². The molecule has 0 aromatic carbocycles. The molecule has 1 saturated carbocycles. The van der Waals surface area contributed by atoms with Crippen LogP contribution in [0, 0.1) is 6.92 Å². The predicted molar refractivity (Wildman–Crippen MR) is 45.6 cm³/mol. The van der Waals surface area contributed by atoms with Gasteiger partial charge in [0.1, 0.15) is 0 Å². The van der Waals surface area contributed by atoms with Crippen LogP contribution in [-0.4, -0.2) is 18.5 Å². The lowest BCUT2D eigenvalue weighted by molar-refractivity contribution is -0.186. The van der Waals surface area contributed by atoms with Gasteiger partial charge in [0.2, 0.25) is 0 Å². The van der Waals surface area contributed by atoms with Gasteiger partial charge in [-0.05, 0) is 26.2 Å². The number of rotatable bonds is 1. The van der Waals surface area contributed by atoms with Crippen molar-refractivity contribution in [3.8, 4) is 0 Å². The Morgan fingerprint density at radius 2 is 2.00 bits per heavy atom. The molecule has 68 valence electrons. The van der Waals surface area contributed by atoms with Gasteiger partial charge >= 0.3 is 0 Å². The lowest BCUT2D eigenvalue weighted by Crippen LogP contribution is -2.33. The maximum absolute atomic E-state index is 5.79. The van der Waals surface area contributed by atoms with Crippen molar-refractivity contribution < 1.29 is 9.47 Å². The summed E-state index contributed by atoms with van der Waals surface area (Å²) in [4.78, 5) is 0. The van der Waals surface area contributed by atoms with E-state index in [1.165, 1.54) is 19.3 Å². The number of hydrogen-bond donors (Lipinski definition) is 0. The summed E-state index contributed by atoms with van der Waals surface area (Å²) in [7, 11) is 0. The summed E-state index contributed by atoms with van der Waals surface area (Å²) in [5, 5.41) is 0. The first-order valence-corrected chi connectivity index (χ1v) is 4.86. The minimum atomic E-state index is -0.234. The van der Waals surface area contributed by atoms with Gasteiger partial charge < -0.3 is 9.47 Å². The molecule has 1 aliphatic heterocycles.